The molecular formula is C49H80O20. The van der Waals surface area contributed by atoms with Gasteiger partial charge in [-0.05, 0) is 89.8 Å². The predicted molar refractivity (Wildman–Crippen MR) is 236 cm³/mol. The molecule has 4 aliphatic heterocycles. The van der Waals surface area contributed by atoms with E-state index in [-0.39, 0.29) is 58.2 Å². The summed E-state index contributed by atoms with van der Waals surface area (Å²) in [6, 6.07) is 0. The number of fused-ring (bicyclic) bond motifs is 4. The summed E-state index contributed by atoms with van der Waals surface area (Å²) in [5.41, 5.74) is -0.569. The van der Waals surface area contributed by atoms with E-state index in [1.807, 2.05) is 0 Å². The molecule has 0 aromatic carbocycles. The van der Waals surface area contributed by atoms with Crippen LogP contribution in [0.15, 0.2) is 0 Å². The maximum atomic E-state index is 13.8. The minimum atomic E-state index is -1.77. The van der Waals surface area contributed by atoms with Gasteiger partial charge in [-0.2, -0.15) is 0 Å². The number of aliphatic hydroxyl groups excluding tert-OH is 11. The Kier molecular flexibility index (Phi) is 14.2. The molecule has 9 rings (SSSR count). The number of ether oxygens (including phenoxy) is 8. The zero-order valence-electron chi connectivity index (χ0n) is 41.0. The van der Waals surface area contributed by atoms with E-state index in [2.05, 4.69) is 34.6 Å². The lowest BCUT2D eigenvalue weighted by Gasteiger charge is -2.63. The van der Waals surface area contributed by atoms with Crippen LogP contribution in [-0.4, -0.2) is 206 Å². The number of carbonyl (C=O) groups excluding carboxylic acids is 1. The highest BCUT2D eigenvalue weighted by Gasteiger charge is 2.85. The fraction of sp³-hybridized carbons (Fsp3) is 0.980. The van der Waals surface area contributed by atoms with E-state index < -0.39 is 141 Å². The molecular weight excluding hydrogens is 909 g/mol. The Morgan fingerprint density at radius 2 is 1.17 bits per heavy atom. The molecule has 9 fully saturated rings. The molecule has 0 amide bonds. The summed E-state index contributed by atoms with van der Waals surface area (Å²) in [7, 11) is 1.72. The summed E-state index contributed by atoms with van der Waals surface area (Å²) in [6.07, 6.45) is -15.8. The molecule has 9 aliphatic rings. The zero-order chi connectivity index (χ0) is 50.1. The summed E-state index contributed by atoms with van der Waals surface area (Å²) >= 11 is 0. The fourth-order valence-corrected chi connectivity index (χ4v) is 16.6. The van der Waals surface area contributed by atoms with Gasteiger partial charge in [0.05, 0.1) is 38.6 Å². The molecule has 0 bridgehead atoms. The van der Waals surface area contributed by atoms with Crippen LogP contribution in [0.4, 0.5) is 0 Å². The van der Waals surface area contributed by atoms with Crippen LogP contribution in [0.1, 0.15) is 99.3 Å². The lowest BCUT2D eigenvalue weighted by atomic mass is 9.41. The second-order valence-corrected chi connectivity index (χ2v) is 23.8. The Balaban J connectivity index is 0.877. The number of ketones is 1. The van der Waals surface area contributed by atoms with Crippen molar-refractivity contribution >= 4 is 5.78 Å². The predicted octanol–water partition coefficient (Wildman–Crippen LogP) is -1.17. The van der Waals surface area contributed by atoms with E-state index in [0.717, 1.165) is 38.5 Å². The maximum absolute atomic E-state index is 13.8. The van der Waals surface area contributed by atoms with Gasteiger partial charge in [-0.15, -0.1) is 0 Å². The Morgan fingerprint density at radius 1 is 0.623 bits per heavy atom. The Labute approximate surface area is 403 Å². The normalized spacial score (nSPS) is 55.8. The van der Waals surface area contributed by atoms with Gasteiger partial charge in [0.15, 0.2) is 24.7 Å². The first kappa shape index (κ1) is 52.8. The van der Waals surface area contributed by atoms with Crippen LogP contribution in [-0.2, 0) is 42.7 Å². The molecule has 0 aromatic heterocycles. The summed E-state index contributed by atoms with van der Waals surface area (Å²) in [5, 5.41) is 114. The molecule has 5 aliphatic carbocycles. The van der Waals surface area contributed by atoms with Crippen LogP contribution in [0.25, 0.3) is 0 Å². The van der Waals surface area contributed by atoms with E-state index in [1.54, 1.807) is 14.0 Å². The van der Waals surface area contributed by atoms with Gasteiger partial charge in [0.1, 0.15) is 79.0 Å². The van der Waals surface area contributed by atoms with Crippen LogP contribution in [0, 0.1) is 56.7 Å². The van der Waals surface area contributed by atoms with E-state index >= 15 is 0 Å². The number of aliphatic hydroxyl groups is 11. The minimum absolute atomic E-state index is 0.00931. The first-order valence-electron chi connectivity index (χ1n) is 25.4. The SMILES string of the molecule is CO[C@]12C[C@@]3(C)[C@@H]4CC[C@H]5C(C)(C)[C@@H](O[C@@H]6O[C@H](CO)[C@@H](O)[C@H](O)[C@H]6O[C@@H]6O[C@H](CO)[C@@H](O)[C@H](O)[C@H]6O)CC[C@@]56C[C@@]46CC[C@]3(C)[C@H]1[C@H](C)[C@H](CC(=O)C(C)CO[C@@H]1O[C@H](CO)[C@@H](O)[C@H](O)[C@H]1O)O2. The van der Waals surface area contributed by atoms with Crippen molar-refractivity contribution in [2.75, 3.05) is 33.5 Å². The molecule has 2 spiro atoms. The third kappa shape index (κ3) is 7.82. The summed E-state index contributed by atoms with van der Waals surface area (Å²) in [5.74, 6) is -0.919. The van der Waals surface area contributed by atoms with Crippen LogP contribution < -0.4 is 0 Å². The molecule has 4 heterocycles. The minimum Gasteiger partial charge on any atom is -0.394 e. The maximum Gasteiger partial charge on any atom is 0.187 e. The van der Waals surface area contributed by atoms with Crippen molar-refractivity contribution in [1.29, 1.82) is 0 Å². The van der Waals surface area contributed by atoms with E-state index in [9.17, 15) is 61.0 Å². The van der Waals surface area contributed by atoms with Gasteiger partial charge < -0.3 is 94.1 Å². The van der Waals surface area contributed by atoms with Crippen molar-refractivity contribution in [1.82, 2.24) is 0 Å². The van der Waals surface area contributed by atoms with Crippen LogP contribution >= 0.6 is 0 Å². The van der Waals surface area contributed by atoms with Crippen molar-refractivity contribution in [2.24, 2.45) is 56.7 Å². The first-order valence-corrected chi connectivity index (χ1v) is 25.4. The quantitative estimate of drug-likeness (QED) is 0.0915. The monoisotopic (exact) mass is 989 g/mol. The average molecular weight is 989 g/mol. The number of methoxy groups -OCH3 is 1. The molecule has 0 radical (unpaired) electrons. The van der Waals surface area contributed by atoms with E-state index in [4.69, 9.17) is 37.9 Å². The first-order chi connectivity index (χ1) is 32.5. The van der Waals surface area contributed by atoms with Crippen LogP contribution in [0.2, 0.25) is 0 Å². The summed E-state index contributed by atoms with van der Waals surface area (Å²) in [6.45, 7) is 11.2. The van der Waals surface area contributed by atoms with Crippen LogP contribution in [0.5, 0.6) is 0 Å². The van der Waals surface area contributed by atoms with Gasteiger partial charge in [-0.1, -0.05) is 41.5 Å². The lowest BCUT2D eigenvalue weighted by molar-refractivity contribution is -0.377. The van der Waals surface area contributed by atoms with Gasteiger partial charge in [0.2, 0.25) is 0 Å². The van der Waals surface area contributed by atoms with E-state index in [0.29, 0.717) is 18.8 Å². The van der Waals surface area contributed by atoms with Crippen molar-refractivity contribution in [3.8, 4) is 0 Å². The molecule has 11 N–H and O–H groups in total. The van der Waals surface area contributed by atoms with Crippen molar-refractivity contribution < 1.29 is 98.9 Å². The number of rotatable bonds is 14. The molecule has 20 nitrogen and oxygen atoms in total. The Hall–Kier alpha value is -1.09. The molecule has 396 valence electrons. The fourth-order valence-electron chi connectivity index (χ4n) is 16.6. The summed E-state index contributed by atoms with van der Waals surface area (Å²) in [4.78, 5) is 13.8. The second-order valence-electron chi connectivity index (χ2n) is 23.8. The van der Waals surface area contributed by atoms with Gasteiger partial charge in [0.25, 0.3) is 0 Å². The highest BCUT2D eigenvalue weighted by molar-refractivity contribution is 5.81. The summed E-state index contributed by atoms with van der Waals surface area (Å²) < 4.78 is 49.3. The van der Waals surface area contributed by atoms with Gasteiger partial charge >= 0.3 is 0 Å². The van der Waals surface area contributed by atoms with Crippen molar-refractivity contribution in [3.05, 3.63) is 0 Å². The topological polar surface area (TPSA) is 313 Å². The lowest BCUT2D eigenvalue weighted by Crippen LogP contribution is -2.65. The Bertz CT molecular complexity index is 1860. The van der Waals surface area contributed by atoms with Crippen molar-refractivity contribution in [3.63, 3.8) is 0 Å². The highest BCUT2D eigenvalue weighted by atomic mass is 16.8. The molecule has 4 saturated heterocycles. The zero-order valence-corrected chi connectivity index (χ0v) is 41.0. The Morgan fingerprint density at radius 3 is 1.78 bits per heavy atom. The van der Waals surface area contributed by atoms with Crippen molar-refractivity contribution in [2.45, 2.75) is 209 Å². The number of hydrogen-bond donors (Lipinski definition) is 11. The van der Waals surface area contributed by atoms with Gasteiger partial charge in [-0.25, -0.2) is 0 Å². The molecule has 0 aromatic rings. The third-order valence-electron chi connectivity index (χ3n) is 20.5. The number of Topliss-reactive ketones (excluding diaryl/α,β-unsaturated/α-hetero) is 1. The van der Waals surface area contributed by atoms with Gasteiger partial charge in [0, 0.05) is 31.8 Å². The molecule has 5 saturated carbocycles. The third-order valence-corrected chi connectivity index (χ3v) is 20.5. The smallest absolute Gasteiger partial charge is 0.187 e. The van der Waals surface area contributed by atoms with E-state index in [1.165, 1.54) is 0 Å². The largest absolute Gasteiger partial charge is 0.394 e. The number of hydrogen-bond acceptors (Lipinski definition) is 20. The highest BCUT2D eigenvalue weighted by Crippen LogP contribution is 2.90. The standard InChI is InChI=1S/C49H80O20/c1-21(18-63-41-37(60)34(57)31(54)25(15-50)64-41)23(53)14-24-22(2)40-45(5)12-13-48-20-47(48)11-10-30(44(3,4)28(47)8-9-29(48)46(45,6)19-49(40,62-7)69-24)67-43-39(36(59)33(56)27(17-52)66-43)68-42-38(61)35(58)32(55)26(16-51)65-42/h21-22,24-43,50-52,54-61H,8-20H2,1-7H3/t21?,22-,24+,25-,26-,27-,28+,29+,30+,31-,32-,33-,34+,35+,36+,37-,38-,39-,40-,41-,42+,43+,45-,46+,47-,48+,49+/m1/s1. The average Bonchev–Trinajstić information content (AvgIpc) is 3.84. The molecule has 69 heavy (non-hydrogen) atoms. The van der Waals surface area contributed by atoms with Gasteiger partial charge in [-0.3, -0.25) is 4.79 Å². The molecule has 1 unspecified atom stereocenters. The number of carbonyl (C=O) groups is 1. The molecule has 27 atom stereocenters. The molecule has 20 heteroatoms. The van der Waals surface area contributed by atoms with Crippen LogP contribution in [0.3, 0.4) is 0 Å². The second kappa shape index (κ2) is 18.6.